The van der Waals surface area contributed by atoms with Crippen LogP contribution in [0.1, 0.15) is 0 Å². The SMILES string of the molecule is [B]c1c([B])c([B])c2c(c1[B])c([B])c([B])c1c([B])c([B])c(-c3nc(-c4cccc(-c5ccc(-c6ccc7ccccc7c6)cc5)c4)nc(-c4cccc5oc6ccccc6c45)n3)c([B])c12. The van der Waals surface area contributed by atoms with Gasteiger partial charge in [0.1, 0.15) is 81.8 Å². The van der Waals surface area contributed by atoms with Gasteiger partial charge in [0.25, 0.3) is 0 Å². The molecule has 2 aromatic heterocycles. The average molecular weight is 790 g/mol. The lowest BCUT2D eigenvalue weighted by atomic mass is 9.58. The zero-order chi connectivity index (χ0) is 44.1. The number of para-hydroxylation sites is 1. The maximum atomic E-state index is 7.20. The highest BCUT2D eigenvalue weighted by Gasteiger charge is 2.24. The molecule has 0 bridgehead atoms. The zero-order valence-corrected chi connectivity index (χ0v) is 34.1. The van der Waals surface area contributed by atoms with E-state index < -0.39 is 0 Å². The molecule has 0 aliphatic heterocycles. The third-order valence-electron chi connectivity index (χ3n) is 12.3. The molecule has 9 aromatic carbocycles. The maximum absolute atomic E-state index is 7.20. The van der Waals surface area contributed by atoms with E-state index >= 15 is 0 Å². The molecular weight excluding hydrogens is 768 g/mol. The predicted octanol–water partition coefficient (Wildman–Crippen LogP) is 2.71. The molecular formula is C51H22B9N3O. The van der Waals surface area contributed by atoms with Crippen molar-refractivity contribution in [2.75, 3.05) is 0 Å². The molecule has 2 heterocycles. The van der Waals surface area contributed by atoms with E-state index in [1.165, 1.54) is 10.8 Å². The minimum Gasteiger partial charge on any atom is -0.456 e. The lowest BCUT2D eigenvalue weighted by Crippen LogP contribution is -2.51. The number of rotatable bonds is 5. The van der Waals surface area contributed by atoms with Gasteiger partial charge in [-0.3, -0.25) is 0 Å². The molecule has 13 heteroatoms. The van der Waals surface area contributed by atoms with Crippen molar-refractivity contribution >= 4 is 174 Å². The van der Waals surface area contributed by atoms with Gasteiger partial charge in [-0.1, -0.05) is 147 Å². The van der Waals surface area contributed by atoms with E-state index in [1.807, 2.05) is 72.8 Å². The van der Waals surface area contributed by atoms with Gasteiger partial charge in [-0.15, -0.1) is 10.9 Å². The predicted molar refractivity (Wildman–Crippen MR) is 275 cm³/mol. The Balaban J connectivity index is 1.14. The molecule has 64 heavy (non-hydrogen) atoms. The number of hydrogen-bond donors (Lipinski definition) is 0. The van der Waals surface area contributed by atoms with Crippen LogP contribution in [0.15, 0.2) is 138 Å². The van der Waals surface area contributed by atoms with Crippen LogP contribution >= 0.6 is 0 Å². The molecule has 0 fully saturated rings. The van der Waals surface area contributed by atoms with Crippen molar-refractivity contribution in [3.8, 4) is 56.4 Å². The smallest absolute Gasteiger partial charge is 0.164 e. The van der Waals surface area contributed by atoms with Crippen molar-refractivity contribution in [3.05, 3.63) is 133 Å². The second-order valence-electron chi connectivity index (χ2n) is 15.9. The lowest BCUT2D eigenvalue weighted by Gasteiger charge is -2.27. The van der Waals surface area contributed by atoms with E-state index in [9.17, 15) is 0 Å². The summed E-state index contributed by atoms with van der Waals surface area (Å²) in [5.41, 5.74) is 7.98. The van der Waals surface area contributed by atoms with Crippen molar-refractivity contribution in [3.63, 3.8) is 0 Å². The Kier molecular flexibility index (Phi) is 9.47. The fourth-order valence-corrected chi connectivity index (χ4v) is 8.99. The number of fused-ring (bicyclic) bond motifs is 7. The molecule has 4 nitrogen and oxygen atoms in total. The van der Waals surface area contributed by atoms with Crippen LogP contribution < -0.4 is 49.2 Å². The zero-order valence-electron chi connectivity index (χ0n) is 34.1. The Bertz CT molecular complexity index is 3800. The standard InChI is InChI=1S/C51H22B9N3O/c52-40-35-36-38(45(57)48(60)47(59)41(36)53)43(55)42(54)37(35)44(56)46(58)39(40)51-62-49(61-50(63-51)31-12-6-14-33-34(31)30-11-3-4-13-32(30)64-33)29-10-5-9-27(22-29)24-15-17-25(18-16-24)28-20-19-23-7-1-2-8-26(23)21-28/h1-22H. The van der Waals surface area contributed by atoms with Crippen molar-refractivity contribution in [2.45, 2.75) is 0 Å². The average Bonchev–Trinajstić information content (AvgIpc) is 3.71. The molecule has 0 atom stereocenters. The molecule has 0 aliphatic carbocycles. The third kappa shape index (κ3) is 6.15. The summed E-state index contributed by atoms with van der Waals surface area (Å²) in [4.78, 5) is 15.3. The van der Waals surface area contributed by atoms with Crippen LogP contribution in [0.4, 0.5) is 0 Å². The first-order valence-electron chi connectivity index (χ1n) is 20.4. The van der Waals surface area contributed by atoms with E-state index in [2.05, 4.69) is 60.7 Å². The van der Waals surface area contributed by atoms with Gasteiger partial charge in [-0.2, -0.15) is 0 Å². The summed E-state index contributed by atoms with van der Waals surface area (Å²) in [5.74, 6) is 0.818. The normalized spacial score (nSPS) is 11.7. The van der Waals surface area contributed by atoms with Crippen LogP contribution in [0.5, 0.6) is 0 Å². The molecule has 274 valence electrons. The molecule has 0 spiro atoms. The van der Waals surface area contributed by atoms with Gasteiger partial charge in [0.15, 0.2) is 17.5 Å². The quantitative estimate of drug-likeness (QED) is 0.199. The monoisotopic (exact) mass is 791 g/mol. The molecule has 0 saturated carbocycles. The molecule has 0 unspecified atom stereocenters. The van der Waals surface area contributed by atoms with Gasteiger partial charge in [-0.05, 0) is 78.8 Å². The first-order valence-corrected chi connectivity index (χ1v) is 20.4. The van der Waals surface area contributed by atoms with Crippen LogP contribution in [0.3, 0.4) is 0 Å². The topological polar surface area (TPSA) is 51.8 Å². The summed E-state index contributed by atoms with van der Waals surface area (Å²) in [6.07, 6.45) is 0. The van der Waals surface area contributed by atoms with Crippen molar-refractivity contribution < 1.29 is 4.42 Å². The van der Waals surface area contributed by atoms with Crippen molar-refractivity contribution in [1.29, 1.82) is 0 Å². The number of benzene rings is 9. The van der Waals surface area contributed by atoms with Gasteiger partial charge in [0.2, 0.25) is 0 Å². The Hall–Kier alpha value is -6.85. The minimum atomic E-state index is 0.0557. The van der Waals surface area contributed by atoms with Crippen LogP contribution in [-0.2, 0) is 0 Å². The summed E-state index contributed by atoms with van der Waals surface area (Å²) in [5, 5.41) is 5.31. The molecule has 0 aliphatic rings. The number of hydrogen-bond acceptors (Lipinski definition) is 4. The summed E-state index contributed by atoms with van der Waals surface area (Å²) in [6.45, 7) is 0. The Labute approximate surface area is 381 Å². The molecule has 11 rings (SSSR count). The van der Waals surface area contributed by atoms with Crippen molar-refractivity contribution in [1.82, 2.24) is 15.0 Å². The van der Waals surface area contributed by atoms with E-state index in [0.717, 1.165) is 38.6 Å². The van der Waals surface area contributed by atoms with Crippen LogP contribution in [0.25, 0.3) is 111 Å². The van der Waals surface area contributed by atoms with Gasteiger partial charge < -0.3 is 4.42 Å². The highest BCUT2D eigenvalue weighted by molar-refractivity contribution is 6.73. The minimum absolute atomic E-state index is 0.0557. The van der Waals surface area contributed by atoms with Crippen LogP contribution in [0, 0.1) is 0 Å². The van der Waals surface area contributed by atoms with Crippen LogP contribution in [0.2, 0.25) is 0 Å². The second kappa shape index (κ2) is 15.2. The summed E-state index contributed by atoms with van der Waals surface area (Å²) >= 11 is 0. The number of aromatic nitrogens is 3. The van der Waals surface area contributed by atoms with E-state index in [-0.39, 0.29) is 71.3 Å². The van der Waals surface area contributed by atoms with Gasteiger partial charge in [0.05, 0.1) is 0 Å². The first-order chi connectivity index (χ1) is 31.0. The van der Waals surface area contributed by atoms with Gasteiger partial charge >= 0.3 is 0 Å². The molecule has 0 amide bonds. The second-order valence-corrected chi connectivity index (χ2v) is 15.9. The van der Waals surface area contributed by atoms with E-state index in [1.54, 1.807) is 0 Å². The van der Waals surface area contributed by atoms with E-state index in [0.29, 0.717) is 39.1 Å². The highest BCUT2D eigenvalue weighted by Crippen LogP contribution is 2.37. The fraction of sp³-hybridized carbons (Fsp3) is 0. The fourth-order valence-electron chi connectivity index (χ4n) is 8.99. The lowest BCUT2D eigenvalue weighted by molar-refractivity contribution is 0.669. The Morgan fingerprint density at radius 2 is 0.828 bits per heavy atom. The molecule has 0 saturated heterocycles. The number of furan rings is 1. The summed E-state index contributed by atoms with van der Waals surface area (Å²) in [7, 11) is 60.3. The summed E-state index contributed by atoms with van der Waals surface area (Å²) in [6, 6.07) is 44.9. The van der Waals surface area contributed by atoms with E-state index in [4.69, 9.17) is 90.0 Å². The van der Waals surface area contributed by atoms with Gasteiger partial charge in [0, 0.05) is 27.5 Å². The Morgan fingerprint density at radius 3 is 1.56 bits per heavy atom. The molecule has 0 N–H and O–H groups in total. The van der Waals surface area contributed by atoms with Crippen LogP contribution in [-0.4, -0.2) is 85.6 Å². The third-order valence-corrected chi connectivity index (χ3v) is 12.3. The highest BCUT2D eigenvalue weighted by atomic mass is 16.3. The van der Waals surface area contributed by atoms with Crippen molar-refractivity contribution in [2.24, 2.45) is 0 Å². The molecule has 18 radical (unpaired) electrons. The largest absolute Gasteiger partial charge is 0.456 e. The van der Waals surface area contributed by atoms with Gasteiger partial charge in [-0.25, -0.2) is 15.0 Å². The number of nitrogens with zero attached hydrogens (tertiary/aromatic N) is 3. The Morgan fingerprint density at radius 1 is 0.312 bits per heavy atom. The summed E-state index contributed by atoms with van der Waals surface area (Å²) < 4.78 is 6.28. The maximum Gasteiger partial charge on any atom is 0.164 e. The molecule has 11 aromatic rings. The first kappa shape index (κ1) is 40.0.